The molecule has 2 aliphatic heterocycles. The molecule has 0 unspecified atom stereocenters. The fraction of sp³-hybridized carbons (Fsp3) is 0.375. The molecule has 3 aromatic rings. The normalized spacial score (nSPS) is 23.5. The fourth-order valence-corrected chi connectivity index (χ4v) is 10.3. The number of halogens is 3. The van der Waals surface area contributed by atoms with Crippen molar-refractivity contribution in [3.8, 4) is 0 Å². The summed E-state index contributed by atoms with van der Waals surface area (Å²) in [4.78, 5) is 31.6. The molecule has 0 saturated carbocycles. The predicted molar refractivity (Wildman–Crippen MR) is 181 cm³/mol. The summed E-state index contributed by atoms with van der Waals surface area (Å²) >= 11 is 4.49. The largest absolute Gasteiger partial charge is 0.395 e. The Morgan fingerprint density at radius 2 is 1.74 bits per heavy atom. The molecule has 3 aromatic carbocycles. The molecule has 1 saturated heterocycles. The van der Waals surface area contributed by atoms with E-state index in [2.05, 4.69) is 51.2 Å². The van der Waals surface area contributed by atoms with E-state index in [4.69, 9.17) is 4.74 Å². The van der Waals surface area contributed by atoms with Crippen LogP contribution in [-0.2, 0) is 33.0 Å². The lowest BCUT2D eigenvalue weighted by Gasteiger charge is -2.31. The lowest BCUT2D eigenvalue weighted by Crippen LogP contribution is -2.45. The Bertz CT molecular complexity index is 1470. The molecular weight excluding hydrogens is 777 g/mol. The fourth-order valence-electron chi connectivity index (χ4n) is 6.71. The first-order valence-electron chi connectivity index (χ1n) is 14.1. The number of hydrogen-bond acceptors (Lipinski definition) is 4. The van der Waals surface area contributed by atoms with E-state index >= 15 is 4.11 Å². The summed E-state index contributed by atoms with van der Waals surface area (Å²) in [7, 11) is -3.42. The number of nitrogens with zero attached hydrogens (tertiary/aromatic N) is 2. The van der Waals surface area contributed by atoms with Crippen molar-refractivity contribution in [2.75, 3.05) is 18.1 Å². The maximum atomic E-state index is 16.2. The van der Waals surface area contributed by atoms with Gasteiger partial charge in [0.15, 0.2) is 5.60 Å². The molecule has 0 bridgehead atoms. The number of ether oxygens (including phenoxy) is 1. The second-order valence-corrected chi connectivity index (χ2v) is 18.0. The Kier molecular flexibility index (Phi) is 9.48. The number of anilines is 1. The summed E-state index contributed by atoms with van der Waals surface area (Å²) in [6.07, 6.45) is -0.837. The van der Waals surface area contributed by atoms with Crippen molar-refractivity contribution in [2.24, 2.45) is 5.92 Å². The molecule has 4 atom stereocenters. The van der Waals surface area contributed by atoms with Gasteiger partial charge < -0.3 is 23.8 Å². The van der Waals surface area contributed by atoms with Crippen molar-refractivity contribution in [3.63, 3.8) is 0 Å². The zero-order valence-corrected chi connectivity index (χ0v) is 29.2. The molecule has 1 fully saturated rings. The summed E-state index contributed by atoms with van der Waals surface area (Å²) < 4.78 is 25.0. The molecule has 0 aliphatic carbocycles. The predicted octanol–water partition coefficient (Wildman–Crippen LogP) is 6.63. The standard InChI is InChI=1S/C32H35FI2N2O4Si/c1-21-30(42(2,3)33)28(18-29(39)36(14-15-38)19-22-8-5-4-6-9-22)41-32(21)26-17-25(35)12-13-27(26)37(31(32)40)20-23-10-7-11-24(34)16-23/h4-13,16-17,21,28,30,38H,14-15,18-20H2,1-3H3/t21-,28+,30-,32+/m1/s1. The molecule has 42 heavy (non-hydrogen) atoms. The van der Waals surface area contributed by atoms with Gasteiger partial charge in [-0.2, -0.15) is 0 Å². The molecule has 10 heteroatoms. The molecule has 2 amide bonds. The molecule has 1 spiro atoms. The number of amides is 2. The highest BCUT2D eigenvalue weighted by Gasteiger charge is 2.67. The van der Waals surface area contributed by atoms with Crippen LogP contribution in [0.5, 0.6) is 0 Å². The number of aliphatic hydroxyl groups excluding tert-OH is 1. The molecular formula is C32H35FI2N2O4Si. The van der Waals surface area contributed by atoms with Gasteiger partial charge in [-0.1, -0.05) is 49.4 Å². The van der Waals surface area contributed by atoms with Gasteiger partial charge in [-0.05, 0) is 99.7 Å². The summed E-state index contributed by atoms with van der Waals surface area (Å²) in [5.74, 6) is -0.914. The summed E-state index contributed by atoms with van der Waals surface area (Å²) in [5.41, 5.74) is 1.47. The number of rotatable bonds is 9. The van der Waals surface area contributed by atoms with Crippen LogP contribution >= 0.6 is 45.2 Å². The first kappa shape index (κ1) is 31.5. The Morgan fingerprint density at radius 1 is 1.05 bits per heavy atom. The van der Waals surface area contributed by atoms with Crippen LogP contribution in [0.15, 0.2) is 72.8 Å². The van der Waals surface area contributed by atoms with E-state index in [1.54, 1.807) is 22.9 Å². The van der Waals surface area contributed by atoms with Crippen LogP contribution in [-0.4, -0.2) is 49.5 Å². The van der Waals surface area contributed by atoms with Gasteiger partial charge in [0.05, 0.1) is 31.4 Å². The van der Waals surface area contributed by atoms with Crippen LogP contribution in [0.4, 0.5) is 9.80 Å². The molecule has 222 valence electrons. The number of hydrogen-bond donors (Lipinski definition) is 1. The summed E-state index contributed by atoms with van der Waals surface area (Å²) in [5, 5.41) is 9.72. The Labute approximate surface area is 275 Å². The van der Waals surface area contributed by atoms with Crippen molar-refractivity contribution >= 4 is 71.1 Å². The third kappa shape index (κ3) is 6.06. The average molecular weight is 813 g/mol. The average Bonchev–Trinajstić information content (AvgIpc) is 3.35. The Balaban J connectivity index is 1.51. The van der Waals surface area contributed by atoms with Crippen LogP contribution in [0.25, 0.3) is 0 Å². The van der Waals surface area contributed by atoms with Gasteiger partial charge in [-0.25, -0.2) is 0 Å². The van der Waals surface area contributed by atoms with Crippen molar-refractivity contribution in [3.05, 3.63) is 96.6 Å². The zero-order valence-electron chi connectivity index (χ0n) is 23.9. The third-order valence-electron chi connectivity index (χ3n) is 8.47. The SMILES string of the molecule is C[C@@H]1[C@@H]([Si](C)(C)F)[C@H](CC(=O)N(CCO)Cc2ccccc2)O[C@@]12C(=O)N(Cc1cccc(I)c1)c1ccc(I)cc12. The van der Waals surface area contributed by atoms with Gasteiger partial charge in [-0.15, -0.1) is 0 Å². The maximum absolute atomic E-state index is 16.2. The zero-order chi connectivity index (χ0) is 30.2. The van der Waals surface area contributed by atoms with E-state index in [9.17, 15) is 14.7 Å². The van der Waals surface area contributed by atoms with E-state index in [1.165, 1.54) is 0 Å². The monoisotopic (exact) mass is 812 g/mol. The number of aliphatic hydroxyl groups is 1. The Morgan fingerprint density at radius 3 is 2.40 bits per heavy atom. The van der Waals surface area contributed by atoms with Crippen LogP contribution in [0.2, 0.25) is 18.6 Å². The molecule has 1 N–H and O–H groups in total. The van der Waals surface area contributed by atoms with Gasteiger partial charge >= 0.3 is 0 Å². The molecule has 5 rings (SSSR count). The van der Waals surface area contributed by atoms with Crippen molar-refractivity contribution < 1.29 is 23.5 Å². The first-order chi connectivity index (χ1) is 20.0. The smallest absolute Gasteiger partial charge is 0.264 e. The van der Waals surface area contributed by atoms with Crippen LogP contribution in [0, 0.1) is 13.1 Å². The van der Waals surface area contributed by atoms with E-state index in [0.29, 0.717) is 13.1 Å². The maximum Gasteiger partial charge on any atom is 0.264 e. The summed E-state index contributed by atoms with van der Waals surface area (Å²) in [6.45, 7) is 5.87. The van der Waals surface area contributed by atoms with Crippen LogP contribution in [0.1, 0.15) is 30.0 Å². The first-order valence-corrected chi connectivity index (χ1v) is 19.2. The van der Waals surface area contributed by atoms with Gasteiger partial charge in [0.1, 0.15) is 0 Å². The molecule has 6 nitrogen and oxygen atoms in total. The lowest BCUT2D eigenvalue weighted by atomic mass is 9.82. The van der Waals surface area contributed by atoms with Gasteiger partial charge in [0.2, 0.25) is 14.3 Å². The van der Waals surface area contributed by atoms with E-state index in [-0.39, 0.29) is 31.4 Å². The van der Waals surface area contributed by atoms with Crippen molar-refractivity contribution in [2.45, 2.75) is 56.8 Å². The quantitative estimate of drug-likeness (QED) is 0.150. The van der Waals surface area contributed by atoms with E-state index in [1.807, 2.05) is 73.7 Å². The van der Waals surface area contributed by atoms with Crippen LogP contribution < -0.4 is 4.90 Å². The third-order valence-corrected chi connectivity index (χ3v) is 12.3. The topological polar surface area (TPSA) is 70.1 Å². The molecule has 2 aliphatic rings. The number of fused-ring (bicyclic) bond motifs is 2. The Hall–Kier alpha value is -1.87. The number of carbonyl (C=O) groups is 2. The molecule has 0 aromatic heterocycles. The van der Waals surface area contributed by atoms with E-state index < -0.39 is 31.6 Å². The van der Waals surface area contributed by atoms with Gasteiger partial charge in [0, 0.05) is 37.3 Å². The van der Waals surface area contributed by atoms with E-state index in [0.717, 1.165) is 29.5 Å². The minimum Gasteiger partial charge on any atom is -0.395 e. The number of carbonyl (C=O) groups excluding carboxylic acids is 2. The highest BCUT2D eigenvalue weighted by Crippen LogP contribution is 2.60. The second kappa shape index (κ2) is 12.6. The van der Waals surface area contributed by atoms with Crippen LogP contribution in [0.3, 0.4) is 0 Å². The minimum absolute atomic E-state index is 0.0621. The minimum atomic E-state index is -3.42. The molecule has 2 heterocycles. The van der Waals surface area contributed by atoms with Crippen molar-refractivity contribution in [1.29, 1.82) is 0 Å². The van der Waals surface area contributed by atoms with Gasteiger partial charge in [-0.3, -0.25) is 9.59 Å². The number of benzene rings is 3. The lowest BCUT2D eigenvalue weighted by molar-refractivity contribution is -0.150. The van der Waals surface area contributed by atoms with Gasteiger partial charge in [0.25, 0.3) is 5.91 Å². The highest BCUT2D eigenvalue weighted by molar-refractivity contribution is 14.1. The van der Waals surface area contributed by atoms with Crippen molar-refractivity contribution in [1.82, 2.24) is 4.90 Å². The highest BCUT2D eigenvalue weighted by atomic mass is 127. The summed E-state index contributed by atoms with van der Waals surface area (Å²) in [6, 6.07) is 23.5. The second-order valence-electron chi connectivity index (χ2n) is 11.7. The molecule has 0 radical (unpaired) electrons.